The maximum absolute atomic E-state index is 9.21. The number of likely N-dealkylation sites (N-methyl/N-ethyl adjacent to an activating group) is 1. The van der Waals surface area contributed by atoms with E-state index in [-0.39, 0.29) is 6.10 Å². The van der Waals surface area contributed by atoms with Gasteiger partial charge in [0, 0.05) is 13.1 Å². The fourth-order valence-corrected chi connectivity index (χ4v) is 1.57. The second-order valence-electron chi connectivity index (χ2n) is 3.86. The molecular formula is C12H16N2O. The van der Waals surface area contributed by atoms with Crippen LogP contribution >= 0.6 is 0 Å². The van der Waals surface area contributed by atoms with Gasteiger partial charge in [0.25, 0.3) is 0 Å². The third-order valence-corrected chi connectivity index (χ3v) is 2.08. The minimum atomic E-state index is -0.325. The van der Waals surface area contributed by atoms with E-state index in [4.69, 9.17) is 5.26 Å². The molecule has 0 fully saturated rings. The van der Waals surface area contributed by atoms with Crippen LogP contribution in [-0.4, -0.2) is 29.7 Å². The molecule has 1 rings (SSSR count). The summed E-state index contributed by atoms with van der Waals surface area (Å²) in [6, 6.07) is 9.64. The topological polar surface area (TPSA) is 47.3 Å². The van der Waals surface area contributed by atoms with Crippen LogP contribution in [0.25, 0.3) is 0 Å². The zero-order valence-corrected chi connectivity index (χ0v) is 9.14. The van der Waals surface area contributed by atoms with Crippen molar-refractivity contribution in [2.45, 2.75) is 19.6 Å². The van der Waals surface area contributed by atoms with Crippen molar-refractivity contribution in [3.63, 3.8) is 0 Å². The minimum Gasteiger partial charge on any atom is -0.392 e. The molecule has 1 aromatic carbocycles. The van der Waals surface area contributed by atoms with E-state index in [1.807, 2.05) is 30.1 Å². The Morgan fingerprint density at radius 1 is 1.53 bits per heavy atom. The SMILES string of the molecule is CC(O)CN(C)Cc1cccc(C#N)c1. The smallest absolute Gasteiger partial charge is 0.0991 e. The summed E-state index contributed by atoms with van der Waals surface area (Å²) in [5.41, 5.74) is 1.77. The van der Waals surface area contributed by atoms with E-state index >= 15 is 0 Å². The lowest BCUT2D eigenvalue weighted by Crippen LogP contribution is -2.26. The lowest BCUT2D eigenvalue weighted by Gasteiger charge is -2.18. The highest BCUT2D eigenvalue weighted by Crippen LogP contribution is 2.06. The van der Waals surface area contributed by atoms with E-state index in [1.54, 1.807) is 13.0 Å². The van der Waals surface area contributed by atoms with Gasteiger partial charge >= 0.3 is 0 Å². The monoisotopic (exact) mass is 204 g/mol. The van der Waals surface area contributed by atoms with E-state index in [2.05, 4.69) is 6.07 Å². The highest BCUT2D eigenvalue weighted by atomic mass is 16.3. The summed E-state index contributed by atoms with van der Waals surface area (Å²) < 4.78 is 0. The van der Waals surface area contributed by atoms with Gasteiger partial charge in [-0.15, -0.1) is 0 Å². The number of hydrogen-bond donors (Lipinski definition) is 1. The molecule has 0 bridgehead atoms. The molecule has 0 spiro atoms. The molecule has 15 heavy (non-hydrogen) atoms. The normalized spacial score (nSPS) is 12.5. The highest BCUT2D eigenvalue weighted by Gasteiger charge is 2.04. The molecule has 3 nitrogen and oxygen atoms in total. The van der Waals surface area contributed by atoms with E-state index in [0.29, 0.717) is 12.1 Å². The van der Waals surface area contributed by atoms with Crippen LogP contribution in [0, 0.1) is 11.3 Å². The number of nitriles is 1. The quantitative estimate of drug-likeness (QED) is 0.805. The van der Waals surface area contributed by atoms with Gasteiger partial charge in [0.15, 0.2) is 0 Å². The molecule has 0 amide bonds. The molecule has 1 N–H and O–H groups in total. The Balaban J connectivity index is 2.60. The Kier molecular flexibility index (Phi) is 4.29. The Morgan fingerprint density at radius 2 is 2.27 bits per heavy atom. The molecule has 3 heteroatoms. The highest BCUT2D eigenvalue weighted by molar-refractivity contribution is 5.32. The largest absolute Gasteiger partial charge is 0.392 e. The van der Waals surface area contributed by atoms with E-state index in [0.717, 1.165) is 12.1 Å². The molecule has 0 radical (unpaired) electrons. The molecule has 80 valence electrons. The van der Waals surface area contributed by atoms with Gasteiger partial charge in [0.2, 0.25) is 0 Å². The molecular weight excluding hydrogens is 188 g/mol. The van der Waals surface area contributed by atoms with Crippen LogP contribution in [-0.2, 0) is 6.54 Å². The Bertz CT molecular complexity index is 355. The van der Waals surface area contributed by atoms with Crippen molar-refractivity contribution in [2.24, 2.45) is 0 Å². The molecule has 1 unspecified atom stereocenters. The van der Waals surface area contributed by atoms with Crippen molar-refractivity contribution >= 4 is 0 Å². The third-order valence-electron chi connectivity index (χ3n) is 2.08. The average molecular weight is 204 g/mol. The number of hydrogen-bond acceptors (Lipinski definition) is 3. The summed E-state index contributed by atoms with van der Waals surface area (Å²) in [7, 11) is 1.95. The standard InChI is InChI=1S/C12H16N2O/c1-10(15)8-14(2)9-12-5-3-4-11(6-12)7-13/h3-6,10,15H,8-9H2,1-2H3. The molecule has 0 aliphatic heterocycles. The lowest BCUT2D eigenvalue weighted by molar-refractivity contribution is 0.138. The van der Waals surface area contributed by atoms with Crippen molar-refractivity contribution in [1.29, 1.82) is 5.26 Å². The van der Waals surface area contributed by atoms with Crippen LogP contribution < -0.4 is 0 Å². The van der Waals surface area contributed by atoms with Crippen molar-refractivity contribution in [3.05, 3.63) is 35.4 Å². The zero-order chi connectivity index (χ0) is 11.3. The van der Waals surface area contributed by atoms with E-state index in [9.17, 15) is 5.11 Å². The molecule has 0 saturated carbocycles. The Hall–Kier alpha value is -1.37. The van der Waals surface area contributed by atoms with Gasteiger partial charge in [-0.3, -0.25) is 4.90 Å². The van der Waals surface area contributed by atoms with Crippen molar-refractivity contribution in [1.82, 2.24) is 4.90 Å². The summed E-state index contributed by atoms with van der Waals surface area (Å²) in [4.78, 5) is 2.03. The van der Waals surface area contributed by atoms with Gasteiger partial charge < -0.3 is 5.11 Å². The lowest BCUT2D eigenvalue weighted by atomic mass is 10.1. The maximum Gasteiger partial charge on any atom is 0.0991 e. The van der Waals surface area contributed by atoms with Crippen molar-refractivity contribution in [3.8, 4) is 6.07 Å². The average Bonchev–Trinajstić information content (AvgIpc) is 2.16. The molecule has 0 aromatic heterocycles. The van der Waals surface area contributed by atoms with Crippen LogP contribution in [0.5, 0.6) is 0 Å². The summed E-state index contributed by atoms with van der Waals surface area (Å²) in [6.45, 7) is 3.15. The number of aliphatic hydroxyl groups is 1. The van der Waals surface area contributed by atoms with Crippen LogP contribution in [0.1, 0.15) is 18.1 Å². The number of nitrogens with zero attached hydrogens (tertiary/aromatic N) is 2. The van der Waals surface area contributed by atoms with Crippen LogP contribution in [0.3, 0.4) is 0 Å². The molecule has 0 heterocycles. The van der Waals surface area contributed by atoms with Gasteiger partial charge in [-0.05, 0) is 31.7 Å². The molecule has 0 aliphatic rings. The first-order chi connectivity index (χ1) is 7.11. The Morgan fingerprint density at radius 3 is 2.87 bits per heavy atom. The summed E-state index contributed by atoms with van der Waals surface area (Å²) in [6.07, 6.45) is -0.325. The van der Waals surface area contributed by atoms with Crippen molar-refractivity contribution < 1.29 is 5.11 Å². The first kappa shape index (κ1) is 11.7. The van der Waals surface area contributed by atoms with E-state index < -0.39 is 0 Å². The summed E-state index contributed by atoms with van der Waals surface area (Å²) in [5, 5.41) is 17.9. The maximum atomic E-state index is 9.21. The molecule has 1 aromatic rings. The second kappa shape index (κ2) is 5.50. The summed E-state index contributed by atoms with van der Waals surface area (Å²) >= 11 is 0. The van der Waals surface area contributed by atoms with Gasteiger partial charge in [0.05, 0.1) is 17.7 Å². The molecule has 0 aliphatic carbocycles. The fourth-order valence-electron chi connectivity index (χ4n) is 1.57. The third kappa shape index (κ3) is 4.11. The van der Waals surface area contributed by atoms with Crippen molar-refractivity contribution in [2.75, 3.05) is 13.6 Å². The van der Waals surface area contributed by atoms with Crippen LogP contribution in [0.4, 0.5) is 0 Å². The summed E-state index contributed by atoms with van der Waals surface area (Å²) in [5.74, 6) is 0. The fraction of sp³-hybridized carbons (Fsp3) is 0.417. The Labute approximate surface area is 90.6 Å². The minimum absolute atomic E-state index is 0.325. The van der Waals surface area contributed by atoms with Crippen LogP contribution in [0.15, 0.2) is 24.3 Å². The zero-order valence-electron chi connectivity index (χ0n) is 9.14. The number of aliphatic hydroxyl groups excluding tert-OH is 1. The van der Waals surface area contributed by atoms with E-state index in [1.165, 1.54) is 0 Å². The molecule has 1 atom stereocenters. The van der Waals surface area contributed by atoms with Gasteiger partial charge in [-0.2, -0.15) is 5.26 Å². The molecule has 0 saturated heterocycles. The number of rotatable bonds is 4. The van der Waals surface area contributed by atoms with Gasteiger partial charge in [-0.25, -0.2) is 0 Å². The van der Waals surface area contributed by atoms with Gasteiger partial charge in [-0.1, -0.05) is 12.1 Å². The first-order valence-corrected chi connectivity index (χ1v) is 4.97. The predicted molar refractivity (Wildman–Crippen MR) is 59.2 cm³/mol. The number of benzene rings is 1. The van der Waals surface area contributed by atoms with Gasteiger partial charge in [0.1, 0.15) is 0 Å². The predicted octanol–water partition coefficient (Wildman–Crippen LogP) is 1.37. The second-order valence-corrected chi connectivity index (χ2v) is 3.86. The van der Waals surface area contributed by atoms with Crippen LogP contribution in [0.2, 0.25) is 0 Å². The first-order valence-electron chi connectivity index (χ1n) is 4.97.